The van der Waals surface area contributed by atoms with E-state index in [1.807, 2.05) is 72.8 Å². The van der Waals surface area contributed by atoms with Crippen LogP contribution in [0.5, 0.6) is 11.5 Å². The Hall–Kier alpha value is -4.48. The van der Waals surface area contributed by atoms with Crippen molar-refractivity contribution in [2.24, 2.45) is 11.8 Å². The van der Waals surface area contributed by atoms with E-state index in [-0.39, 0.29) is 25.3 Å². The molecule has 0 spiro atoms. The molecule has 0 bridgehead atoms. The van der Waals surface area contributed by atoms with Crippen LogP contribution in [0.3, 0.4) is 0 Å². The van der Waals surface area contributed by atoms with E-state index in [4.69, 9.17) is 52.4 Å². The van der Waals surface area contributed by atoms with Crippen molar-refractivity contribution in [3.8, 4) is 11.5 Å². The smallest absolute Gasteiger partial charge is 0.320 e. The van der Waals surface area contributed by atoms with Crippen molar-refractivity contribution >= 4 is 35.1 Å². The molecule has 12 atom stereocenters. The van der Waals surface area contributed by atoms with Gasteiger partial charge in [0.15, 0.2) is 0 Å². The Balaban J connectivity index is 0.000000181. The molecule has 6 fully saturated rings. The molecule has 440 valence electrons. The molecule has 4 aliphatic carbocycles. The quantitative estimate of drug-likeness (QED) is 0.0520. The van der Waals surface area contributed by atoms with E-state index < -0.39 is 72.2 Å². The van der Waals surface area contributed by atoms with Crippen LogP contribution in [-0.2, 0) is 31.9 Å². The van der Waals surface area contributed by atoms with Crippen LogP contribution in [0, 0.1) is 11.8 Å². The fraction of sp³-hybridized carbons (Fsp3) is 0.567. The summed E-state index contributed by atoms with van der Waals surface area (Å²) >= 11 is 12.9. The van der Waals surface area contributed by atoms with E-state index in [0.29, 0.717) is 74.4 Å². The molecule has 0 aromatic heterocycles. The molecule has 4 aromatic rings. The fourth-order valence-corrected chi connectivity index (χ4v) is 10.8. The molecule has 2 heterocycles. The van der Waals surface area contributed by atoms with Crippen LogP contribution in [0.15, 0.2) is 84.9 Å². The number of aliphatic carboxylic acids is 2. The number of rotatable bonds is 20. The molecule has 18 nitrogen and oxygen atoms in total. The number of nitrogens with one attached hydrogen (secondary N) is 2. The van der Waals surface area contributed by atoms with Gasteiger partial charge in [-0.15, -0.1) is 0 Å². The highest BCUT2D eigenvalue weighted by atomic mass is 35.5. The van der Waals surface area contributed by atoms with Gasteiger partial charge >= 0.3 is 11.9 Å². The molecule has 0 radical (unpaired) electrons. The zero-order chi connectivity index (χ0) is 57.3. The second kappa shape index (κ2) is 31.3. The first-order chi connectivity index (χ1) is 38.5. The molecular weight excluding hydrogens is 1080 g/mol. The van der Waals surface area contributed by atoms with Gasteiger partial charge < -0.3 is 80.6 Å². The Morgan fingerprint density at radius 1 is 0.487 bits per heavy atom. The van der Waals surface area contributed by atoms with Crippen LogP contribution < -0.4 is 20.1 Å². The number of hydrogen-bond acceptors (Lipinski definition) is 16. The minimum absolute atomic E-state index is 0.247. The Morgan fingerprint density at radius 3 is 1.16 bits per heavy atom. The summed E-state index contributed by atoms with van der Waals surface area (Å²) in [4.78, 5) is 20.3. The number of halogens is 2. The number of hydrogen-bond donors (Lipinski definition) is 12. The molecule has 6 aliphatic rings. The molecule has 20 heteroatoms. The van der Waals surface area contributed by atoms with Crippen LogP contribution in [0.25, 0.3) is 0 Å². The summed E-state index contributed by atoms with van der Waals surface area (Å²) in [6.45, 7) is 3.49. The molecule has 0 unspecified atom stereocenters. The SMILES string of the molecule is O=C(O)[C@@H]1CCCN1.O=C(O)[C@@H]1CCCN1.OC[C@H]1C[C@@H](c2ccc(Cl)c(Cc3ccc(OCCOC4CC4)cc3)c2)[C@H](O)[C@@H](O)[C@@H]1O.OC[C@H]1C[C@@H](c2ccc(Cl)c(Cc3ccc(OCCOC4CC4)cc3)c2)[C@H](O)[C@@H](O)[C@@H]1O. The van der Waals surface area contributed by atoms with Crippen LogP contribution in [0.1, 0.15) is 109 Å². The van der Waals surface area contributed by atoms with Crippen molar-refractivity contribution in [3.63, 3.8) is 0 Å². The first-order valence-corrected chi connectivity index (χ1v) is 28.7. The van der Waals surface area contributed by atoms with Gasteiger partial charge in [0, 0.05) is 46.9 Å². The number of carboxylic acids is 2. The maximum Gasteiger partial charge on any atom is 0.320 e. The maximum absolute atomic E-state index is 10.5. The van der Waals surface area contributed by atoms with Gasteiger partial charge in [-0.2, -0.15) is 0 Å². The normalized spacial score (nSPS) is 28.0. The zero-order valence-electron chi connectivity index (χ0n) is 45.0. The predicted molar refractivity (Wildman–Crippen MR) is 300 cm³/mol. The largest absolute Gasteiger partial charge is 0.491 e. The van der Waals surface area contributed by atoms with Gasteiger partial charge in [-0.05, 0) is 160 Å². The number of carboxylic acid groups (broad SMARTS) is 2. The highest BCUT2D eigenvalue weighted by Crippen LogP contribution is 2.40. The summed E-state index contributed by atoms with van der Waals surface area (Å²) in [5.74, 6) is -1.61. The molecule has 10 rings (SSSR count). The fourth-order valence-electron chi connectivity index (χ4n) is 10.5. The standard InChI is InChI=1S/2C25H31ClO6.2C5H9NO2/c2*26-22-8-3-16(21-13-18(14-27)23(28)25(30)24(21)29)12-17(22)11-15-1-4-19(5-2-15)31-9-10-32-20-6-7-20;2*7-5(8)4-2-1-3-6-4/h2*1-5,8,12,18,20-21,23-25,27-30H,6-7,9-11,13-14H2;2*4,6H,1-3H2,(H,7,8)/t2*18-,21+,23-,24+,25+;2*4-/m1100/s1. The Bertz CT molecular complexity index is 2350. The third-order valence-corrected chi connectivity index (χ3v) is 16.3. The number of aliphatic hydroxyl groups excluding tert-OH is 8. The van der Waals surface area contributed by atoms with Crippen LogP contribution >= 0.6 is 23.2 Å². The number of benzene rings is 4. The van der Waals surface area contributed by atoms with Gasteiger partial charge in [-0.1, -0.05) is 71.7 Å². The average Bonchev–Trinajstić information content (AvgIpc) is 4.34. The Labute approximate surface area is 477 Å². The lowest BCUT2D eigenvalue weighted by atomic mass is 9.73. The van der Waals surface area contributed by atoms with Crippen molar-refractivity contribution in [2.45, 2.75) is 150 Å². The second-order valence-electron chi connectivity index (χ2n) is 21.7. The maximum atomic E-state index is 10.5. The minimum atomic E-state index is -1.30. The van der Waals surface area contributed by atoms with Crippen molar-refractivity contribution < 1.29 is 79.6 Å². The van der Waals surface area contributed by atoms with Gasteiger partial charge in [-0.3, -0.25) is 9.59 Å². The van der Waals surface area contributed by atoms with Gasteiger partial charge in [0.25, 0.3) is 0 Å². The molecular formula is C60H80Cl2N2O16. The van der Waals surface area contributed by atoms with E-state index in [1.54, 1.807) is 12.1 Å². The summed E-state index contributed by atoms with van der Waals surface area (Å²) in [5, 5.41) is 104. The van der Waals surface area contributed by atoms with Gasteiger partial charge in [0.05, 0.1) is 49.8 Å². The van der Waals surface area contributed by atoms with Crippen molar-refractivity contribution in [3.05, 3.63) is 128 Å². The summed E-state index contributed by atoms with van der Waals surface area (Å²) in [6, 6.07) is 26.3. The van der Waals surface area contributed by atoms with Crippen LogP contribution in [0.4, 0.5) is 0 Å². The first-order valence-electron chi connectivity index (χ1n) is 28.0. The van der Waals surface area contributed by atoms with E-state index in [2.05, 4.69) is 10.6 Å². The van der Waals surface area contributed by atoms with Crippen molar-refractivity contribution in [1.29, 1.82) is 0 Å². The van der Waals surface area contributed by atoms with E-state index >= 15 is 0 Å². The number of ether oxygens (including phenoxy) is 4. The van der Waals surface area contributed by atoms with Gasteiger partial charge in [0.2, 0.25) is 0 Å². The summed E-state index contributed by atoms with van der Waals surface area (Å²) < 4.78 is 22.6. The Morgan fingerprint density at radius 2 is 0.863 bits per heavy atom. The monoisotopic (exact) mass is 1150 g/mol. The van der Waals surface area contributed by atoms with Gasteiger partial charge in [-0.25, -0.2) is 0 Å². The lowest BCUT2D eigenvalue weighted by Crippen LogP contribution is -2.51. The third-order valence-electron chi connectivity index (χ3n) is 15.6. The lowest BCUT2D eigenvalue weighted by molar-refractivity contribution is -0.140. The van der Waals surface area contributed by atoms with E-state index in [0.717, 1.165) is 109 Å². The van der Waals surface area contributed by atoms with E-state index in [9.17, 15) is 50.4 Å². The molecule has 2 saturated heterocycles. The molecule has 4 saturated carbocycles. The predicted octanol–water partition coefficient (Wildman–Crippen LogP) is 4.98. The first kappa shape index (κ1) is 63.1. The van der Waals surface area contributed by atoms with Crippen LogP contribution in [0.2, 0.25) is 10.0 Å². The summed E-state index contributed by atoms with van der Waals surface area (Å²) in [6.07, 6.45) is 3.93. The molecule has 0 amide bonds. The second-order valence-corrected chi connectivity index (χ2v) is 22.5. The minimum Gasteiger partial charge on any atom is -0.491 e. The topological polar surface area (TPSA) is 297 Å². The van der Waals surface area contributed by atoms with Crippen molar-refractivity contribution in [2.75, 3.05) is 52.7 Å². The third kappa shape index (κ3) is 18.8. The molecule has 4 aromatic carbocycles. The summed E-state index contributed by atoms with van der Waals surface area (Å²) in [5.41, 5.74) is 5.61. The molecule has 12 N–H and O–H groups in total. The summed E-state index contributed by atoms with van der Waals surface area (Å²) in [7, 11) is 0. The van der Waals surface area contributed by atoms with Crippen molar-refractivity contribution in [1.82, 2.24) is 10.6 Å². The molecule has 80 heavy (non-hydrogen) atoms. The zero-order valence-corrected chi connectivity index (χ0v) is 46.5. The number of aliphatic hydroxyl groups is 8. The lowest BCUT2D eigenvalue weighted by Gasteiger charge is -2.40. The van der Waals surface area contributed by atoms with Crippen LogP contribution in [-0.4, -0.2) is 177 Å². The Kier molecular flexibility index (Phi) is 24.7. The average molecular weight is 1160 g/mol. The van der Waals surface area contributed by atoms with E-state index in [1.165, 1.54) is 0 Å². The molecule has 2 aliphatic heterocycles. The van der Waals surface area contributed by atoms with Gasteiger partial charge in [0.1, 0.15) is 49.0 Å². The number of carbonyl (C=O) groups is 2. The highest BCUT2D eigenvalue weighted by Gasteiger charge is 2.44. The highest BCUT2D eigenvalue weighted by molar-refractivity contribution is 6.31.